The first-order chi connectivity index (χ1) is 11.2. The summed E-state index contributed by atoms with van der Waals surface area (Å²) in [7, 11) is 0. The molecule has 0 unspecified atom stereocenters. The van der Waals surface area contributed by atoms with Crippen LogP contribution in [-0.2, 0) is 9.59 Å². The number of carbonyl (C=O) groups is 2. The minimum absolute atomic E-state index is 0.0446. The Hall–Kier alpha value is -0.960. The van der Waals surface area contributed by atoms with Gasteiger partial charge in [-0.05, 0) is 81.1 Å². The van der Waals surface area contributed by atoms with Crippen LogP contribution in [0.2, 0.25) is 0 Å². The van der Waals surface area contributed by atoms with Crippen LogP contribution in [0.4, 0.5) is 0 Å². The minimum atomic E-state index is -1.12. The number of rotatable bonds is 1. The third kappa shape index (κ3) is 1.88. The average Bonchev–Trinajstić information content (AvgIpc) is 2.81. The highest BCUT2D eigenvalue weighted by atomic mass is 16.3. The fraction of sp³-hybridized carbons (Fsp3) is 0.810. The fourth-order valence-corrected chi connectivity index (χ4v) is 7.15. The quantitative estimate of drug-likeness (QED) is 0.743. The van der Waals surface area contributed by atoms with Gasteiger partial charge in [-0.3, -0.25) is 9.59 Å². The van der Waals surface area contributed by atoms with Crippen LogP contribution >= 0.6 is 0 Å². The molecule has 0 aromatic heterocycles. The zero-order chi connectivity index (χ0) is 17.3. The lowest BCUT2D eigenvalue weighted by atomic mass is 9.46. The maximum Gasteiger partial charge on any atom is 0.161 e. The van der Waals surface area contributed by atoms with Gasteiger partial charge in [-0.15, -0.1) is 0 Å². The van der Waals surface area contributed by atoms with Crippen molar-refractivity contribution in [2.75, 3.05) is 0 Å². The number of ketones is 2. The minimum Gasteiger partial charge on any atom is -0.382 e. The highest BCUT2D eigenvalue weighted by molar-refractivity contribution is 5.91. The second-order valence-corrected chi connectivity index (χ2v) is 9.38. The summed E-state index contributed by atoms with van der Waals surface area (Å²) in [5.74, 6) is 1.90. The zero-order valence-corrected chi connectivity index (χ0v) is 15.2. The molecule has 6 atom stereocenters. The standard InChI is InChI=1S/C21H30O3/c1-13(22)21(24)11-8-18-16-5-4-14-12-15(23)6-9-19(14,2)17(16)7-10-20(18,21)3/h12,16-18,24H,4-11H2,1-3H3/t16-,17+,18+,19+,20+,21+/m1/s1/i1+1. The number of Topliss-reactive ketones (excluding diaryl/α,β-unsaturated/α-hetero) is 1. The molecule has 0 radical (unpaired) electrons. The van der Waals surface area contributed by atoms with Crippen molar-refractivity contribution in [3.63, 3.8) is 0 Å². The second kappa shape index (κ2) is 5.03. The lowest BCUT2D eigenvalue weighted by Gasteiger charge is -2.58. The Morgan fingerprint density at radius 2 is 1.79 bits per heavy atom. The van der Waals surface area contributed by atoms with Gasteiger partial charge < -0.3 is 5.11 Å². The highest BCUT2D eigenvalue weighted by Crippen LogP contribution is 2.67. The molecule has 24 heavy (non-hydrogen) atoms. The third-order valence-corrected chi connectivity index (χ3v) is 8.70. The zero-order valence-electron chi connectivity index (χ0n) is 15.2. The lowest BCUT2D eigenvalue weighted by molar-refractivity contribution is -0.160. The summed E-state index contributed by atoms with van der Waals surface area (Å²) in [6.45, 7) is 6.10. The molecule has 0 amide bonds. The monoisotopic (exact) mass is 331 g/mol. The van der Waals surface area contributed by atoms with Crippen molar-refractivity contribution in [2.24, 2.45) is 28.6 Å². The van der Waals surface area contributed by atoms with E-state index >= 15 is 0 Å². The van der Waals surface area contributed by atoms with Crippen LogP contribution in [0.1, 0.15) is 72.1 Å². The molecule has 3 saturated carbocycles. The summed E-state index contributed by atoms with van der Waals surface area (Å²) in [4.78, 5) is 24.1. The number of fused-ring (bicyclic) bond motifs is 5. The van der Waals surface area contributed by atoms with Gasteiger partial charge in [0.15, 0.2) is 11.6 Å². The topological polar surface area (TPSA) is 54.4 Å². The van der Waals surface area contributed by atoms with Gasteiger partial charge in [-0.2, -0.15) is 0 Å². The first-order valence-electron chi connectivity index (χ1n) is 9.70. The van der Waals surface area contributed by atoms with Crippen LogP contribution in [0.15, 0.2) is 11.6 Å². The Morgan fingerprint density at radius 1 is 1.08 bits per heavy atom. The molecule has 0 heterocycles. The first kappa shape index (κ1) is 16.5. The summed E-state index contributed by atoms with van der Waals surface area (Å²) in [6.07, 6.45) is 9.37. The molecule has 3 nitrogen and oxygen atoms in total. The summed E-state index contributed by atoms with van der Waals surface area (Å²) in [6, 6.07) is 0. The van der Waals surface area contributed by atoms with E-state index in [2.05, 4.69) is 13.8 Å². The van der Waals surface area contributed by atoms with Crippen molar-refractivity contribution in [1.29, 1.82) is 0 Å². The Balaban J connectivity index is 1.70. The van der Waals surface area contributed by atoms with Gasteiger partial charge in [0, 0.05) is 11.8 Å². The van der Waals surface area contributed by atoms with Gasteiger partial charge in [-0.25, -0.2) is 0 Å². The summed E-state index contributed by atoms with van der Waals surface area (Å²) < 4.78 is 0. The lowest BCUT2D eigenvalue weighted by Crippen LogP contribution is -2.57. The second-order valence-electron chi connectivity index (χ2n) is 9.38. The van der Waals surface area contributed by atoms with E-state index in [9.17, 15) is 14.7 Å². The molecule has 132 valence electrons. The normalized spacial score (nSPS) is 50.6. The molecule has 0 aliphatic heterocycles. The van der Waals surface area contributed by atoms with Crippen molar-refractivity contribution in [3.8, 4) is 0 Å². The smallest absolute Gasteiger partial charge is 0.161 e. The molecule has 0 spiro atoms. The van der Waals surface area contributed by atoms with Gasteiger partial charge in [0.25, 0.3) is 0 Å². The number of hydrogen-bond donors (Lipinski definition) is 1. The third-order valence-electron chi connectivity index (χ3n) is 8.70. The maximum absolute atomic E-state index is 12.2. The van der Waals surface area contributed by atoms with Crippen molar-refractivity contribution in [2.45, 2.75) is 77.7 Å². The van der Waals surface area contributed by atoms with Gasteiger partial charge in [0.05, 0.1) is 0 Å². The Kier molecular flexibility index (Phi) is 3.46. The Bertz CT molecular complexity index is 635. The predicted octanol–water partition coefficient (Wildman–Crippen LogP) is 3.84. The van der Waals surface area contributed by atoms with Gasteiger partial charge in [-0.1, -0.05) is 19.4 Å². The molecule has 0 aromatic rings. The molecule has 3 fully saturated rings. The van der Waals surface area contributed by atoms with E-state index in [1.165, 1.54) is 5.57 Å². The van der Waals surface area contributed by atoms with E-state index in [1.807, 2.05) is 6.08 Å². The largest absolute Gasteiger partial charge is 0.382 e. The number of hydrogen-bond acceptors (Lipinski definition) is 3. The van der Waals surface area contributed by atoms with Crippen LogP contribution < -0.4 is 0 Å². The average molecular weight is 331 g/mol. The van der Waals surface area contributed by atoms with Crippen LogP contribution in [0, 0.1) is 28.6 Å². The van der Waals surface area contributed by atoms with E-state index in [4.69, 9.17) is 0 Å². The van der Waals surface area contributed by atoms with E-state index in [1.54, 1.807) is 6.92 Å². The summed E-state index contributed by atoms with van der Waals surface area (Å²) >= 11 is 0. The van der Waals surface area contributed by atoms with Crippen LogP contribution in [0.25, 0.3) is 0 Å². The van der Waals surface area contributed by atoms with Crippen molar-refractivity contribution >= 4 is 11.6 Å². The summed E-state index contributed by atoms with van der Waals surface area (Å²) in [5, 5.41) is 11.1. The number of allylic oxidation sites excluding steroid dienone is 1. The molecule has 4 rings (SSSR count). The van der Waals surface area contributed by atoms with Crippen LogP contribution in [-0.4, -0.2) is 22.3 Å². The molecule has 3 heteroatoms. The van der Waals surface area contributed by atoms with Crippen molar-refractivity contribution in [3.05, 3.63) is 11.6 Å². The van der Waals surface area contributed by atoms with E-state index in [0.29, 0.717) is 36.4 Å². The molecular formula is C21H30O3. The molecule has 4 aliphatic rings. The molecule has 4 aliphatic carbocycles. The van der Waals surface area contributed by atoms with Gasteiger partial charge in [0.2, 0.25) is 0 Å². The van der Waals surface area contributed by atoms with E-state index < -0.39 is 5.60 Å². The number of carbonyl (C=O) groups excluding carboxylic acids is 2. The van der Waals surface area contributed by atoms with Crippen molar-refractivity contribution in [1.82, 2.24) is 0 Å². The van der Waals surface area contributed by atoms with Crippen molar-refractivity contribution < 1.29 is 14.7 Å². The maximum atomic E-state index is 12.2. The highest BCUT2D eigenvalue weighted by Gasteiger charge is 2.65. The molecule has 0 aromatic carbocycles. The van der Waals surface area contributed by atoms with E-state index in [0.717, 1.165) is 38.5 Å². The molecule has 1 N–H and O–H groups in total. The molecular weight excluding hydrogens is 301 g/mol. The number of aliphatic hydroxyl groups is 1. The first-order valence-corrected chi connectivity index (χ1v) is 9.70. The molecule has 0 saturated heterocycles. The van der Waals surface area contributed by atoms with Crippen LogP contribution in [0.5, 0.6) is 0 Å². The Labute approximate surface area is 144 Å². The summed E-state index contributed by atoms with van der Waals surface area (Å²) in [5.41, 5.74) is 0.155. The fourth-order valence-electron chi connectivity index (χ4n) is 7.15. The van der Waals surface area contributed by atoms with Crippen LogP contribution in [0.3, 0.4) is 0 Å². The van der Waals surface area contributed by atoms with Gasteiger partial charge in [0.1, 0.15) is 5.60 Å². The molecule has 0 bridgehead atoms. The van der Waals surface area contributed by atoms with E-state index in [-0.39, 0.29) is 16.6 Å². The Morgan fingerprint density at radius 3 is 2.50 bits per heavy atom. The predicted molar refractivity (Wildman–Crippen MR) is 92.3 cm³/mol. The SMILES string of the molecule is C[C@]12CCC(=O)C=C1CC[C@@H]1[C@@H]2CC[C@@]2(C)[C@H]1CC[C@]2(O)C([13CH3])=O. The van der Waals surface area contributed by atoms with Gasteiger partial charge >= 0.3 is 0 Å².